The molecule has 0 bridgehead atoms. The second-order valence-corrected chi connectivity index (χ2v) is 7.62. The van der Waals surface area contributed by atoms with E-state index in [1.165, 1.54) is 11.8 Å². The van der Waals surface area contributed by atoms with Gasteiger partial charge in [-0.25, -0.2) is 4.98 Å². The van der Waals surface area contributed by atoms with Gasteiger partial charge in [0.1, 0.15) is 16.8 Å². The fourth-order valence-electron chi connectivity index (χ4n) is 2.44. The summed E-state index contributed by atoms with van der Waals surface area (Å²) in [5, 5.41) is 12.7. The predicted octanol–water partition coefficient (Wildman–Crippen LogP) is 5.12. The molecule has 1 amide bonds. The van der Waals surface area contributed by atoms with Crippen LogP contribution in [0.4, 0.5) is 5.69 Å². The molecule has 5 nitrogen and oxygen atoms in total. The molecule has 0 atom stereocenters. The molecule has 3 aromatic rings. The number of hydrogen-bond acceptors (Lipinski definition) is 5. The second kappa shape index (κ2) is 9.40. The number of rotatable bonds is 6. The van der Waals surface area contributed by atoms with E-state index in [-0.39, 0.29) is 11.7 Å². The van der Waals surface area contributed by atoms with Gasteiger partial charge in [-0.2, -0.15) is 5.26 Å². The van der Waals surface area contributed by atoms with Crippen LogP contribution in [-0.2, 0) is 4.79 Å². The molecule has 0 radical (unpaired) electrons. The Morgan fingerprint density at radius 2 is 2.00 bits per heavy atom. The fraction of sp³-hybridized carbons (Fsp3) is 0.0952. The predicted molar refractivity (Wildman–Crippen MR) is 114 cm³/mol. The number of amides is 1. The smallest absolute Gasteiger partial charge is 0.234 e. The molecule has 0 aliphatic rings. The number of thioether (sulfide) groups is 1. The molecule has 28 heavy (non-hydrogen) atoms. The Hall–Kier alpha value is -2.82. The summed E-state index contributed by atoms with van der Waals surface area (Å²) in [4.78, 5) is 16.8. The fourth-order valence-corrected chi connectivity index (χ4v) is 3.48. The molecular formula is C21H16BrN3O2S. The Morgan fingerprint density at radius 3 is 2.71 bits per heavy atom. The molecule has 2 aromatic carbocycles. The molecule has 140 valence electrons. The average molecular weight is 454 g/mol. The van der Waals surface area contributed by atoms with Gasteiger partial charge in [-0.15, -0.1) is 0 Å². The van der Waals surface area contributed by atoms with Crippen molar-refractivity contribution >= 4 is 39.3 Å². The topological polar surface area (TPSA) is 75.0 Å². The SMILES string of the molecule is COc1cccc(-c2ccc(C#N)c(SCC(=O)Nc3ccc(Br)cc3)n2)c1. The molecule has 7 heteroatoms. The van der Waals surface area contributed by atoms with Gasteiger partial charge in [0.05, 0.1) is 24.1 Å². The van der Waals surface area contributed by atoms with Gasteiger partial charge in [-0.05, 0) is 48.5 Å². The van der Waals surface area contributed by atoms with Crippen LogP contribution < -0.4 is 10.1 Å². The minimum Gasteiger partial charge on any atom is -0.497 e. The zero-order valence-corrected chi connectivity index (χ0v) is 17.4. The van der Waals surface area contributed by atoms with Gasteiger partial charge in [0.25, 0.3) is 0 Å². The zero-order chi connectivity index (χ0) is 19.9. The first-order valence-electron chi connectivity index (χ1n) is 8.33. The lowest BCUT2D eigenvalue weighted by Crippen LogP contribution is -2.14. The molecule has 1 heterocycles. The van der Waals surface area contributed by atoms with Gasteiger partial charge in [0.2, 0.25) is 5.91 Å². The van der Waals surface area contributed by atoms with Gasteiger partial charge in [0.15, 0.2) is 0 Å². The van der Waals surface area contributed by atoms with E-state index in [0.717, 1.165) is 15.8 Å². The molecule has 1 N–H and O–H groups in total. The highest BCUT2D eigenvalue weighted by molar-refractivity contribution is 9.10. The van der Waals surface area contributed by atoms with Gasteiger partial charge in [-0.1, -0.05) is 39.8 Å². The van der Waals surface area contributed by atoms with E-state index < -0.39 is 0 Å². The maximum atomic E-state index is 12.2. The summed E-state index contributed by atoms with van der Waals surface area (Å²) in [5.41, 5.74) is 2.75. The summed E-state index contributed by atoms with van der Waals surface area (Å²) in [6.07, 6.45) is 0. The maximum absolute atomic E-state index is 12.2. The molecule has 0 aliphatic carbocycles. The number of methoxy groups -OCH3 is 1. The first-order valence-corrected chi connectivity index (χ1v) is 10.1. The van der Waals surface area contributed by atoms with E-state index in [1.54, 1.807) is 19.2 Å². The number of halogens is 1. The lowest BCUT2D eigenvalue weighted by atomic mass is 10.1. The van der Waals surface area contributed by atoms with Crippen LogP contribution in [0.2, 0.25) is 0 Å². The summed E-state index contributed by atoms with van der Waals surface area (Å²) in [7, 11) is 1.61. The number of nitriles is 1. The summed E-state index contributed by atoms with van der Waals surface area (Å²) in [5.74, 6) is 0.718. The molecular weight excluding hydrogens is 438 g/mol. The first-order chi connectivity index (χ1) is 13.6. The van der Waals surface area contributed by atoms with E-state index in [2.05, 4.69) is 32.3 Å². The van der Waals surface area contributed by atoms with Crippen LogP contribution in [0.1, 0.15) is 5.56 Å². The van der Waals surface area contributed by atoms with Crippen LogP contribution in [0.15, 0.2) is 70.2 Å². The van der Waals surface area contributed by atoms with Crippen molar-refractivity contribution in [2.45, 2.75) is 5.03 Å². The van der Waals surface area contributed by atoms with Crippen molar-refractivity contribution in [3.05, 3.63) is 70.7 Å². The second-order valence-electron chi connectivity index (χ2n) is 5.74. The normalized spacial score (nSPS) is 10.2. The summed E-state index contributed by atoms with van der Waals surface area (Å²) < 4.78 is 6.19. The number of nitrogens with zero attached hydrogens (tertiary/aromatic N) is 2. The van der Waals surface area contributed by atoms with Crippen LogP contribution in [-0.4, -0.2) is 23.8 Å². The Labute approximate surface area is 175 Å². The lowest BCUT2D eigenvalue weighted by molar-refractivity contribution is -0.113. The van der Waals surface area contributed by atoms with Gasteiger partial charge in [-0.3, -0.25) is 4.79 Å². The van der Waals surface area contributed by atoms with Gasteiger partial charge in [0, 0.05) is 15.7 Å². The van der Waals surface area contributed by atoms with Crippen LogP contribution in [0.25, 0.3) is 11.3 Å². The third-order valence-electron chi connectivity index (χ3n) is 3.81. The molecule has 0 spiro atoms. The van der Waals surface area contributed by atoms with E-state index in [9.17, 15) is 10.1 Å². The molecule has 0 aliphatic heterocycles. The van der Waals surface area contributed by atoms with Crippen LogP contribution >= 0.6 is 27.7 Å². The quantitative estimate of drug-likeness (QED) is 0.524. The number of nitrogens with one attached hydrogen (secondary N) is 1. The Balaban J connectivity index is 1.74. The highest BCUT2D eigenvalue weighted by Gasteiger charge is 2.11. The summed E-state index contributed by atoms with van der Waals surface area (Å²) >= 11 is 4.60. The minimum absolute atomic E-state index is 0.152. The van der Waals surface area contributed by atoms with E-state index in [1.807, 2.05) is 48.5 Å². The number of benzene rings is 2. The number of hydrogen-bond donors (Lipinski definition) is 1. The number of anilines is 1. The maximum Gasteiger partial charge on any atom is 0.234 e. The monoisotopic (exact) mass is 453 g/mol. The van der Waals surface area contributed by atoms with E-state index in [4.69, 9.17) is 4.74 Å². The highest BCUT2D eigenvalue weighted by atomic mass is 79.9. The molecule has 1 aromatic heterocycles. The third-order valence-corrected chi connectivity index (χ3v) is 5.33. The van der Waals surface area contributed by atoms with Crippen LogP contribution in [0.3, 0.4) is 0 Å². The number of ether oxygens (including phenoxy) is 1. The number of carbonyl (C=O) groups is 1. The van der Waals surface area contributed by atoms with E-state index in [0.29, 0.717) is 22.0 Å². The summed E-state index contributed by atoms with van der Waals surface area (Å²) in [6, 6.07) is 20.5. The Bertz CT molecular complexity index is 1030. The van der Waals surface area contributed by atoms with Gasteiger partial charge < -0.3 is 10.1 Å². The zero-order valence-electron chi connectivity index (χ0n) is 15.0. The third kappa shape index (κ3) is 5.12. The molecule has 0 saturated carbocycles. The van der Waals surface area contributed by atoms with Crippen molar-refractivity contribution in [3.8, 4) is 23.1 Å². The van der Waals surface area contributed by atoms with Crippen LogP contribution in [0.5, 0.6) is 5.75 Å². The Kier molecular flexibility index (Phi) is 6.69. The van der Waals surface area contributed by atoms with Gasteiger partial charge >= 0.3 is 0 Å². The van der Waals surface area contributed by atoms with Crippen molar-refractivity contribution in [2.24, 2.45) is 0 Å². The summed E-state index contributed by atoms with van der Waals surface area (Å²) in [6.45, 7) is 0. The highest BCUT2D eigenvalue weighted by Crippen LogP contribution is 2.27. The van der Waals surface area contributed by atoms with Crippen LogP contribution in [0, 0.1) is 11.3 Å². The Morgan fingerprint density at radius 1 is 1.21 bits per heavy atom. The number of aromatic nitrogens is 1. The molecule has 3 rings (SSSR count). The standard InChI is InChI=1S/C21H16BrN3O2S/c1-27-18-4-2-3-14(11-18)19-10-5-15(12-23)21(25-19)28-13-20(26)24-17-8-6-16(22)7-9-17/h2-11H,13H2,1H3,(H,24,26). The lowest BCUT2D eigenvalue weighted by Gasteiger charge is -2.08. The van der Waals surface area contributed by atoms with Crippen molar-refractivity contribution in [1.29, 1.82) is 5.26 Å². The minimum atomic E-state index is -0.162. The van der Waals surface area contributed by atoms with Crippen molar-refractivity contribution < 1.29 is 9.53 Å². The largest absolute Gasteiger partial charge is 0.497 e. The van der Waals surface area contributed by atoms with Crippen molar-refractivity contribution in [1.82, 2.24) is 4.98 Å². The molecule has 0 fully saturated rings. The van der Waals surface area contributed by atoms with E-state index >= 15 is 0 Å². The number of carbonyl (C=O) groups excluding carboxylic acids is 1. The molecule has 0 unspecified atom stereocenters. The average Bonchev–Trinajstić information content (AvgIpc) is 2.73. The first kappa shape index (κ1) is 19.9. The number of pyridine rings is 1. The van der Waals surface area contributed by atoms with Crippen molar-refractivity contribution in [3.63, 3.8) is 0 Å². The van der Waals surface area contributed by atoms with Crippen molar-refractivity contribution in [2.75, 3.05) is 18.2 Å². The molecule has 0 saturated heterocycles.